The van der Waals surface area contributed by atoms with Crippen molar-refractivity contribution in [2.75, 3.05) is 0 Å². The van der Waals surface area contributed by atoms with E-state index in [4.69, 9.17) is 0 Å². The Balaban J connectivity index is 0.000000867. The Hall–Kier alpha value is -1.64. The maximum absolute atomic E-state index is 10.2. The van der Waals surface area contributed by atoms with Gasteiger partial charge in [-0.15, -0.1) is 0 Å². The predicted molar refractivity (Wildman–Crippen MR) is 107 cm³/mol. The molecule has 0 spiro atoms. The van der Waals surface area contributed by atoms with Gasteiger partial charge in [0.05, 0.1) is 0 Å². The van der Waals surface area contributed by atoms with E-state index in [0.717, 1.165) is 19.3 Å². The quantitative estimate of drug-likeness (QED) is 0.315. The summed E-state index contributed by atoms with van der Waals surface area (Å²) in [6, 6.07) is 5.86. The molecule has 0 atom stereocenters. The molecule has 0 aliphatic carbocycles. The van der Waals surface area contributed by atoms with Gasteiger partial charge in [0.2, 0.25) is 0 Å². The molecule has 0 bridgehead atoms. The lowest BCUT2D eigenvalue weighted by Gasteiger charge is -2.01. The number of aromatic amines is 1. The van der Waals surface area contributed by atoms with Crippen LogP contribution in [-0.2, 0) is 4.79 Å². The molecule has 26 heavy (non-hydrogen) atoms. The summed E-state index contributed by atoms with van der Waals surface area (Å²) in [5.41, 5.74) is 0. The molecule has 0 aliphatic rings. The molecule has 0 fully saturated rings. The number of allylic oxidation sites excluding steroid dienone is 2. The molecular formula is C23H39NO2. The summed E-state index contributed by atoms with van der Waals surface area (Å²) in [7, 11) is 0. The molecule has 0 radical (unpaired) electrons. The Morgan fingerprint density at radius 2 is 1.27 bits per heavy atom. The molecule has 0 saturated heterocycles. The van der Waals surface area contributed by atoms with Gasteiger partial charge in [-0.25, -0.2) is 4.98 Å². The number of carbonyl (C=O) groups excluding carboxylic acids is 1. The molecule has 148 valence electrons. The zero-order chi connectivity index (χ0) is 19.1. The van der Waals surface area contributed by atoms with Crippen LogP contribution in [0.4, 0.5) is 0 Å². The maximum atomic E-state index is 10.2. The molecule has 1 aromatic rings. The molecule has 1 aromatic heterocycles. The van der Waals surface area contributed by atoms with Crippen molar-refractivity contribution in [3.63, 3.8) is 0 Å². The number of aliphatic carboxylic acids is 1. The van der Waals surface area contributed by atoms with Gasteiger partial charge >= 0.3 is 0 Å². The first kappa shape index (κ1) is 24.4. The van der Waals surface area contributed by atoms with Crippen LogP contribution in [0.15, 0.2) is 42.7 Å². The number of pyridine rings is 1. The minimum absolute atomic E-state index is 0.220. The average molecular weight is 362 g/mol. The molecule has 0 saturated carbocycles. The normalized spacial score (nSPS) is 10.5. The van der Waals surface area contributed by atoms with E-state index in [2.05, 4.69) is 24.1 Å². The number of carbonyl (C=O) groups is 1. The maximum Gasteiger partial charge on any atom is 0.166 e. The second-order valence-corrected chi connectivity index (χ2v) is 6.78. The zero-order valence-electron chi connectivity index (χ0n) is 16.8. The summed E-state index contributed by atoms with van der Waals surface area (Å²) >= 11 is 0. The first-order valence-corrected chi connectivity index (χ1v) is 10.5. The molecule has 1 rings (SSSR count). The summed E-state index contributed by atoms with van der Waals surface area (Å²) in [4.78, 5) is 13.1. The highest BCUT2D eigenvalue weighted by molar-refractivity contribution is 5.63. The van der Waals surface area contributed by atoms with Crippen LogP contribution >= 0.6 is 0 Å². The van der Waals surface area contributed by atoms with Gasteiger partial charge in [0.15, 0.2) is 12.4 Å². The van der Waals surface area contributed by atoms with Gasteiger partial charge in [-0.3, -0.25) is 0 Å². The Labute approximate surface area is 160 Å². The molecule has 1 heterocycles. The topological polar surface area (TPSA) is 54.3 Å². The average Bonchev–Trinajstić information content (AvgIpc) is 2.66. The lowest BCUT2D eigenvalue weighted by Crippen LogP contribution is -2.21. The van der Waals surface area contributed by atoms with E-state index in [1.54, 1.807) is 0 Å². The van der Waals surface area contributed by atoms with Crippen molar-refractivity contribution in [3.05, 3.63) is 42.7 Å². The number of rotatable bonds is 15. The number of hydrogen-bond donors (Lipinski definition) is 0. The molecule has 3 nitrogen and oxygen atoms in total. The first-order valence-electron chi connectivity index (χ1n) is 10.5. The van der Waals surface area contributed by atoms with Crippen LogP contribution in [0, 0.1) is 0 Å². The third-order valence-corrected chi connectivity index (χ3v) is 4.25. The predicted octanol–water partition coefficient (Wildman–Crippen LogP) is 5.27. The summed E-state index contributed by atoms with van der Waals surface area (Å²) in [5.74, 6) is -0.914. The molecule has 0 aromatic carbocycles. The Morgan fingerprint density at radius 1 is 0.769 bits per heavy atom. The minimum Gasteiger partial charge on any atom is -0.550 e. The number of aromatic nitrogens is 1. The number of carboxylic acid groups (broad SMARTS) is 1. The lowest BCUT2D eigenvalue weighted by atomic mass is 10.1. The van der Waals surface area contributed by atoms with Gasteiger partial charge in [-0.1, -0.05) is 76.5 Å². The third kappa shape index (κ3) is 22.4. The van der Waals surface area contributed by atoms with E-state index in [1.807, 2.05) is 30.6 Å². The summed E-state index contributed by atoms with van der Waals surface area (Å²) < 4.78 is 0. The summed E-state index contributed by atoms with van der Waals surface area (Å²) in [6.45, 7) is 2.26. The highest BCUT2D eigenvalue weighted by Crippen LogP contribution is 2.09. The van der Waals surface area contributed by atoms with Gasteiger partial charge < -0.3 is 9.90 Å². The minimum atomic E-state index is -0.914. The summed E-state index contributed by atoms with van der Waals surface area (Å²) in [6.07, 6.45) is 24.6. The van der Waals surface area contributed by atoms with Crippen molar-refractivity contribution < 1.29 is 14.9 Å². The lowest BCUT2D eigenvalue weighted by molar-refractivity contribution is -0.378. The fourth-order valence-corrected chi connectivity index (χ4v) is 2.68. The third-order valence-electron chi connectivity index (χ3n) is 4.25. The van der Waals surface area contributed by atoms with Crippen LogP contribution in [0.3, 0.4) is 0 Å². The fourth-order valence-electron chi connectivity index (χ4n) is 2.68. The molecular weight excluding hydrogens is 322 g/mol. The monoisotopic (exact) mass is 361 g/mol. The van der Waals surface area contributed by atoms with Gasteiger partial charge in [0, 0.05) is 18.1 Å². The van der Waals surface area contributed by atoms with Crippen LogP contribution in [0.1, 0.15) is 96.8 Å². The number of unbranched alkanes of at least 4 members (excludes halogenated alkanes) is 11. The Morgan fingerprint density at radius 3 is 1.69 bits per heavy atom. The van der Waals surface area contributed by atoms with Gasteiger partial charge in [-0.05, 0) is 38.5 Å². The highest BCUT2D eigenvalue weighted by atomic mass is 16.4. The smallest absolute Gasteiger partial charge is 0.166 e. The fraction of sp³-hybridized carbons (Fsp3) is 0.652. The Kier molecular flexibility index (Phi) is 20.1. The van der Waals surface area contributed by atoms with Crippen molar-refractivity contribution in [1.82, 2.24) is 0 Å². The van der Waals surface area contributed by atoms with E-state index in [0.29, 0.717) is 0 Å². The molecule has 3 heteroatoms. The number of H-pyrrole nitrogens is 1. The summed E-state index contributed by atoms with van der Waals surface area (Å²) in [5, 5.41) is 10.2. The van der Waals surface area contributed by atoms with E-state index < -0.39 is 5.97 Å². The van der Waals surface area contributed by atoms with Crippen LogP contribution < -0.4 is 10.1 Å². The Bertz CT molecular complexity index is 391. The van der Waals surface area contributed by atoms with Crippen molar-refractivity contribution in [2.45, 2.75) is 96.8 Å². The number of nitrogens with one attached hydrogen (secondary N) is 1. The largest absolute Gasteiger partial charge is 0.550 e. The standard InChI is InChI=1S/C18H34O2.C5H5N/c1-2-3-4-5-6-7-8-9-10-11-12-13-14-15-16-17-18(19)20;1-2-4-6-5-3-1/h9-10H,2-8,11-17H2,1H3,(H,19,20);1-5H/b10-9-;. The van der Waals surface area contributed by atoms with Crippen molar-refractivity contribution in [3.8, 4) is 0 Å². The van der Waals surface area contributed by atoms with Gasteiger partial charge in [-0.2, -0.15) is 0 Å². The van der Waals surface area contributed by atoms with E-state index in [1.165, 1.54) is 64.2 Å². The second kappa shape index (κ2) is 21.4. The van der Waals surface area contributed by atoms with E-state index >= 15 is 0 Å². The van der Waals surface area contributed by atoms with Crippen LogP contribution in [-0.4, -0.2) is 5.97 Å². The van der Waals surface area contributed by atoms with Crippen molar-refractivity contribution in [1.29, 1.82) is 0 Å². The van der Waals surface area contributed by atoms with Gasteiger partial charge in [0.25, 0.3) is 0 Å². The molecule has 0 aliphatic heterocycles. The molecule has 0 amide bonds. The zero-order valence-corrected chi connectivity index (χ0v) is 16.8. The number of carboxylic acids is 1. The molecule has 0 unspecified atom stereocenters. The number of hydrogen-bond acceptors (Lipinski definition) is 2. The van der Waals surface area contributed by atoms with E-state index in [9.17, 15) is 9.90 Å². The van der Waals surface area contributed by atoms with Crippen molar-refractivity contribution in [2.24, 2.45) is 0 Å². The SMILES string of the molecule is CCCCCCCC/C=C\CCCCCCCC(=O)[O-].c1cc[nH+]cc1. The van der Waals surface area contributed by atoms with Crippen LogP contribution in [0.25, 0.3) is 0 Å². The van der Waals surface area contributed by atoms with Gasteiger partial charge in [0.1, 0.15) is 0 Å². The van der Waals surface area contributed by atoms with Crippen LogP contribution in [0.5, 0.6) is 0 Å². The highest BCUT2D eigenvalue weighted by Gasteiger charge is 1.91. The second-order valence-electron chi connectivity index (χ2n) is 6.78. The van der Waals surface area contributed by atoms with Crippen LogP contribution in [0.2, 0.25) is 0 Å². The first-order chi connectivity index (χ1) is 12.8. The van der Waals surface area contributed by atoms with Crippen molar-refractivity contribution >= 4 is 5.97 Å². The molecule has 1 N–H and O–H groups in total. The van der Waals surface area contributed by atoms with E-state index in [-0.39, 0.29) is 6.42 Å².